The van der Waals surface area contributed by atoms with Crippen LogP contribution in [0, 0.1) is 0 Å². The Balaban J connectivity index is 0.00000342. The fraction of sp³-hybridized carbons (Fsp3) is 0.348. The number of carbonyl (C=O) groups is 3. The molecule has 0 saturated heterocycles. The van der Waals surface area contributed by atoms with Crippen molar-refractivity contribution in [2.45, 2.75) is 43.2 Å². The number of amides is 2. The Morgan fingerprint density at radius 3 is 2.19 bits per heavy atom. The highest BCUT2D eigenvalue weighted by Gasteiger charge is 2.35. The van der Waals surface area contributed by atoms with Gasteiger partial charge in [0, 0.05) is 24.9 Å². The number of benzene rings is 2. The first kappa shape index (κ1) is 31.9. The highest BCUT2D eigenvalue weighted by Crippen LogP contribution is 2.33. The number of halogens is 2. The second-order valence-corrected chi connectivity index (χ2v) is 8.38. The topological polar surface area (TPSA) is 228 Å². The number of carbonyl (C=O) groups excluding carboxylic acids is 2. The summed E-state index contributed by atoms with van der Waals surface area (Å²) in [6.07, 6.45) is -3.55. The van der Waals surface area contributed by atoms with Gasteiger partial charge in [-0.15, -0.1) is 24.8 Å². The van der Waals surface area contributed by atoms with Crippen molar-refractivity contribution in [2.75, 3.05) is 6.54 Å². The number of fused-ring (bicyclic) bond motifs is 5. The summed E-state index contributed by atoms with van der Waals surface area (Å²) in [5.74, 6) is -3.94. The molecule has 2 amide bonds. The van der Waals surface area contributed by atoms with E-state index in [-0.39, 0.29) is 55.5 Å². The molecule has 0 spiro atoms. The zero-order chi connectivity index (χ0) is 25.9. The number of carboxylic acids is 1. The van der Waals surface area contributed by atoms with E-state index in [1.165, 1.54) is 24.3 Å². The average Bonchev–Trinajstić information content (AvgIpc) is 2.82. The standard InChI is InChI=1S/C23H28N4O8.2ClH/c24-9-13(28)8-16-22(33)27-19(23(34)35)20(31)14-6-11(2-4-18(14)30)10-1-3-17(29)12(5-10)7-15(25)21(32)26-16;;/h1-6,13,15-16,19-20,28-31H,7-9,24-25H2,(H,26,32)(H,27,33)(H,34,35);2*1H. The lowest BCUT2D eigenvalue weighted by Gasteiger charge is -2.26. The maximum absolute atomic E-state index is 12.9. The first-order chi connectivity index (χ1) is 16.5. The number of aliphatic carboxylic acids is 1. The lowest BCUT2D eigenvalue weighted by atomic mass is 9.94. The van der Waals surface area contributed by atoms with Crippen LogP contribution in [0.15, 0.2) is 36.4 Å². The summed E-state index contributed by atoms with van der Waals surface area (Å²) in [5, 5.41) is 55.6. The van der Waals surface area contributed by atoms with E-state index in [9.17, 15) is 39.9 Å². The fourth-order valence-electron chi connectivity index (χ4n) is 3.82. The predicted octanol–water partition coefficient (Wildman–Crippen LogP) is -0.711. The lowest BCUT2D eigenvalue weighted by Crippen LogP contribution is -2.56. The van der Waals surface area contributed by atoms with Gasteiger partial charge in [0.1, 0.15) is 23.6 Å². The number of aliphatic hydroxyl groups is 2. The Labute approximate surface area is 224 Å². The highest BCUT2D eigenvalue weighted by molar-refractivity contribution is 5.92. The molecule has 1 aliphatic rings. The number of phenols is 2. The molecule has 1 heterocycles. The number of aromatic hydroxyl groups is 2. The third kappa shape index (κ3) is 7.44. The number of nitrogens with two attached hydrogens (primary N) is 2. The van der Waals surface area contributed by atoms with Crippen molar-refractivity contribution in [3.63, 3.8) is 0 Å². The summed E-state index contributed by atoms with van der Waals surface area (Å²) >= 11 is 0. The largest absolute Gasteiger partial charge is 0.508 e. The molecule has 0 radical (unpaired) electrons. The predicted molar refractivity (Wildman–Crippen MR) is 138 cm³/mol. The summed E-state index contributed by atoms with van der Waals surface area (Å²) in [6, 6.07) is 4.10. The van der Waals surface area contributed by atoms with Crippen molar-refractivity contribution in [1.29, 1.82) is 0 Å². The maximum Gasteiger partial charge on any atom is 0.329 e. The molecule has 0 saturated carbocycles. The Kier molecular flexibility index (Phi) is 11.6. The Morgan fingerprint density at radius 1 is 1.00 bits per heavy atom. The molecular weight excluding hydrogens is 531 g/mol. The van der Waals surface area contributed by atoms with Crippen molar-refractivity contribution < 1.29 is 39.9 Å². The van der Waals surface area contributed by atoms with E-state index in [2.05, 4.69) is 10.6 Å². The Hall–Kier alpha value is -3.13. The zero-order valence-electron chi connectivity index (χ0n) is 19.4. The molecule has 5 unspecified atom stereocenters. The molecular formula is C23H30Cl2N4O8. The van der Waals surface area contributed by atoms with Gasteiger partial charge in [0.15, 0.2) is 6.04 Å². The van der Waals surface area contributed by atoms with E-state index in [0.29, 0.717) is 16.7 Å². The van der Waals surface area contributed by atoms with E-state index < -0.39 is 53.9 Å². The summed E-state index contributed by atoms with van der Waals surface area (Å²) in [5.41, 5.74) is 12.6. The number of nitrogens with one attached hydrogen (secondary N) is 2. The van der Waals surface area contributed by atoms with Crippen molar-refractivity contribution >= 4 is 42.6 Å². The van der Waals surface area contributed by atoms with E-state index in [4.69, 9.17) is 11.5 Å². The van der Waals surface area contributed by atoms with Gasteiger partial charge in [0.2, 0.25) is 11.8 Å². The van der Waals surface area contributed by atoms with Gasteiger partial charge in [-0.3, -0.25) is 9.59 Å². The van der Waals surface area contributed by atoms with Gasteiger partial charge in [-0.2, -0.15) is 0 Å². The second-order valence-electron chi connectivity index (χ2n) is 8.38. The van der Waals surface area contributed by atoms with Gasteiger partial charge >= 0.3 is 5.97 Å². The minimum atomic E-state index is -1.91. The molecule has 0 fully saturated rings. The number of carboxylic acid groups (broad SMARTS) is 1. The van der Waals surface area contributed by atoms with Crippen molar-refractivity contribution in [2.24, 2.45) is 11.5 Å². The molecule has 0 aromatic heterocycles. The number of hydrogen-bond acceptors (Lipinski definition) is 9. The highest BCUT2D eigenvalue weighted by atomic mass is 35.5. The normalized spacial score (nSPS) is 22.6. The van der Waals surface area contributed by atoms with Crippen LogP contribution in [-0.4, -0.2) is 74.1 Å². The van der Waals surface area contributed by atoms with Gasteiger partial charge in [-0.1, -0.05) is 12.1 Å². The molecule has 204 valence electrons. The molecule has 14 heteroatoms. The van der Waals surface area contributed by atoms with Gasteiger partial charge in [-0.25, -0.2) is 4.79 Å². The van der Waals surface area contributed by atoms with E-state index in [0.717, 1.165) is 0 Å². The molecule has 12 nitrogen and oxygen atoms in total. The van der Waals surface area contributed by atoms with Crippen LogP contribution >= 0.6 is 24.8 Å². The van der Waals surface area contributed by atoms with Crippen LogP contribution < -0.4 is 22.1 Å². The van der Waals surface area contributed by atoms with Crippen LogP contribution in [0.25, 0.3) is 11.1 Å². The van der Waals surface area contributed by atoms with Crippen LogP contribution in [0.4, 0.5) is 0 Å². The average molecular weight is 561 g/mol. The van der Waals surface area contributed by atoms with Crippen LogP contribution in [0.2, 0.25) is 0 Å². The van der Waals surface area contributed by atoms with Gasteiger partial charge in [-0.05, 0) is 41.0 Å². The number of hydrogen-bond donors (Lipinski definition) is 9. The smallest absolute Gasteiger partial charge is 0.329 e. The Morgan fingerprint density at radius 2 is 1.59 bits per heavy atom. The molecule has 1 aliphatic heterocycles. The van der Waals surface area contributed by atoms with Crippen LogP contribution in [-0.2, 0) is 20.8 Å². The van der Waals surface area contributed by atoms with Crippen LogP contribution in [0.1, 0.15) is 23.7 Å². The number of aliphatic hydroxyl groups excluding tert-OH is 2. The Bertz CT molecular complexity index is 1140. The van der Waals surface area contributed by atoms with Crippen molar-refractivity contribution in [1.82, 2.24) is 10.6 Å². The molecule has 0 aliphatic carbocycles. The fourth-order valence-corrected chi connectivity index (χ4v) is 3.82. The number of rotatable bonds is 4. The zero-order valence-corrected chi connectivity index (χ0v) is 21.0. The third-order valence-corrected chi connectivity index (χ3v) is 5.83. The van der Waals surface area contributed by atoms with Crippen LogP contribution in [0.3, 0.4) is 0 Å². The summed E-state index contributed by atoms with van der Waals surface area (Å²) in [7, 11) is 0. The van der Waals surface area contributed by atoms with Gasteiger partial charge < -0.3 is 47.6 Å². The molecule has 4 bridgehead atoms. The summed E-state index contributed by atoms with van der Waals surface area (Å²) < 4.78 is 0. The van der Waals surface area contributed by atoms with E-state index >= 15 is 0 Å². The monoisotopic (exact) mass is 560 g/mol. The lowest BCUT2D eigenvalue weighted by molar-refractivity contribution is -0.146. The summed E-state index contributed by atoms with van der Waals surface area (Å²) in [6.45, 7) is -0.238. The quantitative estimate of drug-likeness (QED) is 0.228. The molecule has 2 aromatic carbocycles. The molecule has 2 aromatic rings. The summed E-state index contributed by atoms with van der Waals surface area (Å²) in [4.78, 5) is 37.6. The maximum atomic E-state index is 12.9. The van der Waals surface area contributed by atoms with Crippen molar-refractivity contribution in [3.8, 4) is 22.6 Å². The number of phenolic OH excluding ortho intramolecular Hbond substituents is 2. The van der Waals surface area contributed by atoms with Gasteiger partial charge in [0.25, 0.3) is 0 Å². The first-order valence-electron chi connectivity index (χ1n) is 10.8. The van der Waals surface area contributed by atoms with E-state index in [1.807, 2.05) is 0 Å². The molecule has 3 rings (SSSR count). The van der Waals surface area contributed by atoms with E-state index in [1.54, 1.807) is 12.1 Å². The third-order valence-electron chi connectivity index (χ3n) is 5.83. The minimum Gasteiger partial charge on any atom is -0.508 e. The SMILES string of the molecule is Cl.Cl.NCC(O)CC1NC(=O)C(N)Cc2cc(ccc2O)-c2ccc(O)c(c2)C(O)C(C(=O)O)NC1=O. The van der Waals surface area contributed by atoms with Crippen molar-refractivity contribution in [3.05, 3.63) is 47.5 Å². The minimum absolute atomic E-state index is 0. The molecule has 11 N–H and O–H groups in total. The van der Waals surface area contributed by atoms with Crippen LogP contribution in [0.5, 0.6) is 11.5 Å². The molecule has 5 atom stereocenters. The van der Waals surface area contributed by atoms with Gasteiger partial charge in [0.05, 0.1) is 12.1 Å². The molecule has 37 heavy (non-hydrogen) atoms. The first-order valence-corrected chi connectivity index (χ1v) is 10.8. The second kappa shape index (κ2) is 13.4.